The molecular weight excluding hydrogens is 222 g/mol. The van der Waals surface area contributed by atoms with Crippen molar-refractivity contribution in [3.63, 3.8) is 0 Å². The fourth-order valence-electron chi connectivity index (χ4n) is 2.41. The Morgan fingerprint density at radius 3 is 2.22 bits per heavy atom. The van der Waals surface area contributed by atoms with Gasteiger partial charge in [-0.1, -0.05) is 36.4 Å². The van der Waals surface area contributed by atoms with Crippen molar-refractivity contribution in [2.24, 2.45) is 5.73 Å². The van der Waals surface area contributed by atoms with Gasteiger partial charge >= 0.3 is 0 Å². The predicted molar refractivity (Wildman–Crippen MR) is 72.7 cm³/mol. The lowest BCUT2D eigenvalue weighted by molar-refractivity contribution is 0.247. The smallest absolute Gasteiger partial charge is 0.132 e. The monoisotopic (exact) mass is 239 g/mol. The summed E-state index contributed by atoms with van der Waals surface area (Å²) in [6, 6.07) is 17.9. The third-order valence-corrected chi connectivity index (χ3v) is 3.64. The van der Waals surface area contributed by atoms with Crippen LogP contribution in [0.2, 0.25) is 0 Å². The van der Waals surface area contributed by atoms with Gasteiger partial charge in [-0.2, -0.15) is 0 Å². The maximum Gasteiger partial charge on any atom is 0.132 e. The molecule has 0 bridgehead atoms. The topological polar surface area (TPSA) is 35.2 Å². The fourth-order valence-corrected chi connectivity index (χ4v) is 2.41. The third-order valence-electron chi connectivity index (χ3n) is 3.64. The van der Waals surface area contributed by atoms with Crippen molar-refractivity contribution in [1.29, 1.82) is 0 Å². The van der Waals surface area contributed by atoms with Crippen molar-refractivity contribution in [3.8, 4) is 11.5 Å². The zero-order valence-electron chi connectivity index (χ0n) is 10.3. The number of rotatable bonds is 3. The van der Waals surface area contributed by atoms with Gasteiger partial charge < -0.3 is 10.5 Å². The van der Waals surface area contributed by atoms with Crippen LogP contribution >= 0.6 is 0 Å². The van der Waals surface area contributed by atoms with E-state index < -0.39 is 0 Å². The second kappa shape index (κ2) is 4.46. The summed E-state index contributed by atoms with van der Waals surface area (Å²) in [7, 11) is 0. The molecular formula is C16H17NO. The summed E-state index contributed by atoms with van der Waals surface area (Å²) in [5, 5.41) is 0. The molecule has 2 N–H and O–H groups in total. The van der Waals surface area contributed by atoms with Crippen LogP contribution in [0, 0.1) is 0 Å². The zero-order valence-corrected chi connectivity index (χ0v) is 10.3. The largest absolute Gasteiger partial charge is 0.457 e. The number of benzene rings is 2. The predicted octanol–water partition coefficient (Wildman–Crippen LogP) is 3.82. The van der Waals surface area contributed by atoms with E-state index in [1.807, 2.05) is 48.5 Å². The van der Waals surface area contributed by atoms with Crippen LogP contribution in [-0.2, 0) is 5.54 Å². The van der Waals surface area contributed by atoms with E-state index in [0.717, 1.165) is 29.9 Å². The molecule has 18 heavy (non-hydrogen) atoms. The first kappa shape index (κ1) is 11.3. The van der Waals surface area contributed by atoms with E-state index in [1.54, 1.807) is 0 Å². The summed E-state index contributed by atoms with van der Waals surface area (Å²) in [6.45, 7) is 0. The van der Waals surface area contributed by atoms with Gasteiger partial charge in [0.25, 0.3) is 0 Å². The molecule has 0 heterocycles. The van der Waals surface area contributed by atoms with Crippen molar-refractivity contribution in [3.05, 3.63) is 60.2 Å². The highest BCUT2D eigenvalue weighted by Crippen LogP contribution is 2.43. The summed E-state index contributed by atoms with van der Waals surface area (Å²) >= 11 is 0. The van der Waals surface area contributed by atoms with Gasteiger partial charge in [-0.15, -0.1) is 0 Å². The summed E-state index contributed by atoms with van der Waals surface area (Å²) < 4.78 is 5.95. The Balaban J connectivity index is 1.93. The lowest BCUT2D eigenvalue weighted by atomic mass is 9.72. The van der Waals surface area contributed by atoms with Gasteiger partial charge in [0.15, 0.2) is 0 Å². The number of hydrogen-bond donors (Lipinski definition) is 1. The van der Waals surface area contributed by atoms with E-state index in [4.69, 9.17) is 10.5 Å². The maximum atomic E-state index is 6.40. The molecule has 92 valence electrons. The number of ether oxygens (including phenoxy) is 1. The molecule has 2 aromatic rings. The highest BCUT2D eigenvalue weighted by Gasteiger charge is 2.36. The van der Waals surface area contributed by atoms with Crippen molar-refractivity contribution >= 4 is 0 Å². The normalized spacial score (nSPS) is 16.9. The lowest BCUT2D eigenvalue weighted by Crippen LogP contribution is -2.43. The number of nitrogens with two attached hydrogens (primary N) is 1. The van der Waals surface area contributed by atoms with Gasteiger partial charge in [-0.3, -0.25) is 0 Å². The highest BCUT2D eigenvalue weighted by molar-refractivity contribution is 5.43. The maximum absolute atomic E-state index is 6.40. The summed E-state index contributed by atoms with van der Waals surface area (Å²) in [6.07, 6.45) is 3.29. The average molecular weight is 239 g/mol. The van der Waals surface area contributed by atoms with Crippen molar-refractivity contribution in [2.75, 3.05) is 0 Å². The van der Waals surface area contributed by atoms with Crippen LogP contribution in [0.25, 0.3) is 0 Å². The molecule has 1 aliphatic rings. The number of hydrogen-bond acceptors (Lipinski definition) is 2. The first-order chi connectivity index (χ1) is 8.78. The average Bonchev–Trinajstić information content (AvgIpc) is 2.38. The van der Waals surface area contributed by atoms with Gasteiger partial charge in [0, 0.05) is 11.1 Å². The molecule has 3 rings (SSSR count). The molecule has 0 amide bonds. The van der Waals surface area contributed by atoms with Gasteiger partial charge in [-0.25, -0.2) is 0 Å². The Hall–Kier alpha value is -1.80. The first-order valence-corrected chi connectivity index (χ1v) is 6.39. The molecule has 2 nitrogen and oxygen atoms in total. The van der Waals surface area contributed by atoms with Gasteiger partial charge in [0.1, 0.15) is 11.5 Å². The zero-order chi connectivity index (χ0) is 12.4. The van der Waals surface area contributed by atoms with Gasteiger partial charge in [0.05, 0.1) is 0 Å². The summed E-state index contributed by atoms with van der Waals surface area (Å²) in [4.78, 5) is 0. The minimum Gasteiger partial charge on any atom is -0.457 e. The number of para-hydroxylation sites is 2. The van der Waals surface area contributed by atoms with E-state index in [2.05, 4.69) is 6.07 Å². The third kappa shape index (κ3) is 2.00. The van der Waals surface area contributed by atoms with E-state index in [9.17, 15) is 0 Å². The van der Waals surface area contributed by atoms with Crippen molar-refractivity contribution < 1.29 is 4.74 Å². The van der Waals surface area contributed by atoms with E-state index in [1.165, 1.54) is 6.42 Å². The molecule has 1 aliphatic carbocycles. The Labute approximate surface area is 107 Å². The van der Waals surface area contributed by atoms with Crippen LogP contribution in [0.5, 0.6) is 11.5 Å². The Morgan fingerprint density at radius 2 is 1.56 bits per heavy atom. The van der Waals surface area contributed by atoms with Crippen LogP contribution in [0.15, 0.2) is 54.6 Å². The van der Waals surface area contributed by atoms with Gasteiger partial charge in [0.2, 0.25) is 0 Å². The summed E-state index contributed by atoms with van der Waals surface area (Å²) in [5.41, 5.74) is 7.33. The highest BCUT2D eigenvalue weighted by atomic mass is 16.5. The van der Waals surface area contributed by atoms with Gasteiger partial charge in [-0.05, 0) is 37.5 Å². The van der Waals surface area contributed by atoms with Crippen molar-refractivity contribution in [1.82, 2.24) is 0 Å². The molecule has 2 heteroatoms. The van der Waals surface area contributed by atoms with E-state index >= 15 is 0 Å². The Kier molecular flexibility index (Phi) is 2.80. The first-order valence-electron chi connectivity index (χ1n) is 6.39. The standard InChI is InChI=1S/C16H17NO/c17-16(11-6-12-16)14-9-4-5-10-15(14)18-13-7-2-1-3-8-13/h1-5,7-10H,6,11-12,17H2. The minimum absolute atomic E-state index is 0.189. The SMILES string of the molecule is NC1(c2ccccc2Oc2ccccc2)CCC1. The molecule has 0 atom stereocenters. The second-order valence-electron chi connectivity index (χ2n) is 4.92. The lowest BCUT2D eigenvalue weighted by Gasteiger charge is -2.39. The molecule has 0 saturated heterocycles. The fraction of sp³-hybridized carbons (Fsp3) is 0.250. The molecule has 0 radical (unpaired) electrons. The van der Waals surface area contributed by atoms with Crippen LogP contribution in [0.4, 0.5) is 0 Å². The van der Waals surface area contributed by atoms with Crippen LogP contribution in [-0.4, -0.2) is 0 Å². The molecule has 1 saturated carbocycles. The minimum atomic E-state index is -0.189. The van der Waals surface area contributed by atoms with E-state index in [0.29, 0.717) is 0 Å². The van der Waals surface area contributed by atoms with Crippen LogP contribution in [0.3, 0.4) is 0 Å². The van der Waals surface area contributed by atoms with Crippen molar-refractivity contribution in [2.45, 2.75) is 24.8 Å². The molecule has 2 aromatic carbocycles. The molecule has 0 spiro atoms. The molecule has 0 unspecified atom stereocenters. The van der Waals surface area contributed by atoms with Crippen LogP contribution < -0.4 is 10.5 Å². The second-order valence-corrected chi connectivity index (χ2v) is 4.92. The Morgan fingerprint density at radius 1 is 0.889 bits per heavy atom. The molecule has 0 aliphatic heterocycles. The van der Waals surface area contributed by atoms with E-state index in [-0.39, 0.29) is 5.54 Å². The molecule has 0 aromatic heterocycles. The van der Waals surface area contributed by atoms with Crippen LogP contribution in [0.1, 0.15) is 24.8 Å². The quantitative estimate of drug-likeness (QED) is 0.883. The Bertz CT molecular complexity index is 532. The molecule has 1 fully saturated rings. The summed E-state index contributed by atoms with van der Waals surface area (Å²) in [5.74, 6) is 1.73.